The number of rotatable bonds is 1. The van der Waals surface area contributed by atoms with E-state index >= 15 is 0 Å². The van der Waals surface area contributed by atoms with Gasteiger partial charge in [-0.15, -0.1) is 0 Å². The summed E-state index contributed by atoms with van der Waals surface area (Å²) in [5.74, 6) is 0. The Labute approximate surface area is 98.8 Å². The van der Waals surface area contributed by atoms with Crippen molar-refractivity contribution in [1.82, 2.24) is 0 Å². The fraction of sp³-hybridized carbons (Fsp3) is 0.455. The Morgan fingerprint density at radius 1 is 1.36 bits per heavy atom. The fourth-order valence-electron chi connectivity index (χ4n) is 1.23. The third kappa shape index (κ3) is 2.50. The van der Waals surface area contributed by atoms with Gasteiger partial charge in [0.2, 0.25) is 0 Å². The van der Waals surface area contributed by atoms with E-state index in [-0.39, 0.29) is 11.5 Å². The van der Waals surface area contributed by atoms with Crippen molar-refractivity contribution in [1.29, 1.82) is 0 Å². The molecular weight excluding hydrogens is 261 g/mol. The second-order valence-electron chi connectivity index (χ2n) is 4.49. The number of hydrogen-bond donors (Lipinski definition) is 1. The average Bonchev–Trinajstić information content (AvgIpc) is 2.07. The summed E-state index contributed by atoms with van der Waals surface area (Å²) in [4.78, 5) is 0. The summed E-state index contributed by atoms with van der Waals surface area (Å²) in [6.07, 6.45) is 0. The molecule has 0 aliphatic carbocycles. The molecule has 0 heterocycles. The molecule has 0 bridgehead atoms. The summed E-state index contributed by atoms with van der Waals surface area (Å²) >= 11 is 9.56. The van der Waals surface area contributed by atoms with Gasteiger partial charge in [0.1, 0.15) is 0 Å². The molecule has 1 nitrogen and oxygen atoms in total. The highest BCUT2D eigenvalue weighted by Gasteiger charge is 2.24. The molecule has 0 aliphatic rings. The fourth-order valence-corrected chi connectivity index (χ4v) is 1.85. The van der Waals surface area contributed by atoms with E-state index in [2.05, 4.69) is 36.7 Å². The van der Waals surface area contributed by atoms with E-state index < -0.39 is 0 Å². The van der Waals surface area contributed by atoms with Crippen LogP contribution in [0.15, 0.2) is 22.7 Å². The van der Waals surface area contributed by atoms with E-state index in [1.54, 1.807) is 0 Å². The van der Waals surface area contributed by atoms with E-state index in [1.807, 2.05) is 18.2 Å². The first kappa shape index (κ1) is 12.0. The van der Waals surface area contributed by atoms with Gasteiger partial charge in [0, 0.05) is 10.5 Å². The van der Waals surface area contributed by atoms with E-state index in [0.29, 0.717) is 0 Å². The zero-order valence-electron chi connectivity index (χ0n) is 8.64. The molecule has 0 fully saturated rings. The number of benzene rings is 1. The van der Waals surface area contributed by atoms with Crippen molar-refractivity contribution in [2.24, 2.45) is 11.1 Å². The van der Waals surface area contributed by atoms with Crippen molar-refractivity contribution in [2.75, 3.05) is 0 Å². The first-order chi connectivity index (χ1) is 6.34. The number of nitrogens with two attached hydrogens (primary N) is 1. The van der Waals surface area contributed by atoms with Crippen molar-refractivity contribution >= 4 is 27.5 Å². The summed E-state index contributed by atoms with van der Waals surface area (Å²) in [5.41, 5.74) is 7.15. The van der Waals surface area contributed by atoms with Crippen molar-refractivity contribution in [3.8, 4) is 0 Å². The minimum absolute atomic E-state index is 0.0183. The Morgan fingerprint density at radius 2 is 1.93 bits per heavy atom. The molecule has 1 atom stereocenters. The van der Waals surface area contributed by atoms with Crippen LogP contribution in [0.3, 0.4) is 0 Å². The second-order valence-corrected chi connectivity index (χ2v) is 5.72. The van der Waals surface area contributed by atoms with Crippen LogP contribution in [0.2, 0.25) is 5.02 Å². The lowest BCUT2D eigenvalue weighted by Crippen LogP contribution is -2.26. The lowest BCUT2D eigenvalue weighted by molar-refractivity contribution is 0.327. The Bertz CT molecular complexity index is 331. The third-order valence-corrected chi connectivity index (χ3v) is 3.56. The van der Waals surface area contributed by atoms with Gasteiger partial charge in [-0.3, -0.25) is 0 Å². The minimum Gasteiger partial charge on any atom is -0.323 e. The second kappa shape index (κ2) is 4.21. The Morgan fingerprint density at radius 3 is 2.43 bits per heavy atom. The molecule has 0 saturated heterocycles. The van der Waals surface area contributed by atoms with E-state index in [4.69, 9.17) is 17.3 Å². The minimum atomic E-state index is -0.0486. The van der Waals surface area contributed by atoms with Crippen LogP contribution >= 0.6 is 27.5 Å². The monoisotopic (exact) mass is 275 g/mol. The van der Waals surface area contributed by atoms with Crippen LogP contribution in [-0.2, 0) is 0 Å². The van der Waals surface area contributed by atoms with Gasteiger partial charge in [0.25, 0.3) is 0 Å². The molecule has 0 aromatic heterocycles. The van der Waals surface area contributed by atoms with Gasteiger partial charge in [0.15, 0.2) is 0 Å². The first-order valence-electron chi connectivity index (χ1n) is 4.53. The summed E-state index contributed by atoms with van der Waals surface area (Å²) in [6.45, 7) is 6.32. The molecule has 0 unspecified atom stereocenters. The molecule has 0 saturated carbocycles. The van der Waals surface area contributed by atoms with Crippen molar-refractivity contribution in [3.05, 3.63) is 33.3 Å². The molecular formula is C11H15BrClN. The van der Waals surface area contributed by atoms with E-state index in [0.717, 1.165) is 15.1 Å². The van der Waals surface area contributed by atoms with Crippen LogP contribution in [0.4, 0.5) is 0 Å². The molecule has 1 rings (SSSR count). The molecule has 0 aliphatic heterocycles. The molecule has 0 amide bonds. The third-order valence-electron chi connectivity index (χ3n) is 2.25. The molecule has 3 heteroatoms. The van der Waals surface area contributed by atoms with Crippen molar-refractivity contribution < 1.29 is 0 Å². The lowest BCUT2D eigenvalue weighted by atomic mass is 9.83. The number of hydrogen-bond acceptors (Lipinski definition) is 1. The summed E-state index contributed by atoms with van der Waals surface area (Å²) < 4.78 is 0.899. The van der Waals surface area contributed by atoms with Crippen LogP contribution in [0, 0.1) is 5.41 Å². The smallest absolute Gasteiger partial charge is 0.0595 e. The molecule has 14 heavy (non-hydrogen) atoms. The van der Waals surface area contributed by atoms with Crippen LogP contribution in [0.5, 0.6) is 0 Å². The lowest BCUT2D eigenvalue weighted by Gasteiger charge is -2.28. The van der Waals surface area contributed by atoms with Gasteiger partial charge in [0.05, 0.1) is 5.02 Å². The van der Waals surface area contributed by atoms with Gasteiger partial charge in [-0.05, 0) is 33.0 Å². The topological polar surface area (TPSA) is 26.0 Å². The summed E-state index contributed by atoms with van der Waals surface area (Å²) in [6, 6.07) is 5.80. The molecule has 0 spiro atoms. The van der Waals surface area contributed by atoms with Gasteiger partial charge in [-0.25, -0.2) is 0 Å². The first-order valence-corrected chi connectivity index (χ1v) is 5.70. The number of halogens is 2. The highest BCUT2D eigenvalue weighted by Crippen LogP contribution is 2.37. The summed E-state index contributed by atoms with van der Waals surface area (Å²) in [5, 5.41) is 0.718. The van der Waals surface area contributed by atoms with Crippen LogP contribution in [0.1, 0.15) is 32.4 Å². The molecule has 2 N–H and O–H groups in total. The zero-order valence-corrected chi connectivity index (χ0v) is 11.0. The maximum absolute atomic E-state index is 6.17. The average molecular weight is 277 g/mol. The Balaban J connectivity index is 3.14. The van der Waals surface area contributed by atoms with Crippen LogP contribution in [0.25, 0.3) is 0 Å². The SMILES string of the molecule is CC(C)(C)[C@@H](N)c1cccc(Br)c1Cl. The van der Waals surface area contributed by atoms with Crippen LogP contribution < -0.4 is 5.73 Å². The normalized spacial score (nSPS) is 14.1. The Kier molecular flexibility index (Phi) is 3.62. The maximum atomic E-state index is 6.17. The quantitative estimate of drug-likeness (QED) is 0.819. The predicted molar refractivity (Wildman–Crippen MR) is 65.5 cm³/mol. The van der Waals surface area contributed by atoms with Crippen molar-refractivity contribution in [3.63, 3.8) is 0 Å². The highest BCUT2D eigenvalue weighted by molar-refractivity contribution is 9.10. The van der Waals surface area contributed by atoms with E-state index in [1.165, 1.54) is 0 Å². The Hall–Kier alpha value is -0.0500. The molecule has 0 radical (unpaired) electrons. The van der Waals surface area contributed by atoms with Crippen LogP contribution in [-0.4, -0.2) is 0 Å². The molecule has 1 aromatic carbocycles. The van der Waals surface area contributed by atoms with Gasteiger partial charge >= 0.3 is 0 Å². The predicted octanol–water partition coefficient (Wildman–Crippen LogP) is 4.15. The standard InChI is InChI=1S/C11H15BrClN/c1-11(2,3)10(14)7-5-4-6-8(12)9(7)13/h4-6,10H,14H2,1-3H3/t10-/m0/s1. The van der Waals surface area contributed by atoms with Crippen molar-refractivity contribution in [2.45, 2.75) is 26.8 Å². The van der Waals surface area contributed by atoms with Gasteiger partial charge in [-0.1, -0.05) is 44.5 Å². The maximum Gasteiger partial charge on any atom is 0.0595 e. The van der Waals surface area contributed by atoms with Gasteiger partial charge < -0.3 is 5.73 Å². The zero-order chi connectivity index (χ0) is 10.9. The van der Waals surface area contributed by atoms with Gasteiger partial charge in [-0.2, -0.15) is 0 Å². The summed E-state index contributed by atoms with van der Waals surface area (Å²) in [7, 11) is 0. The molecule has 1 aromatic rings. The molecule has 78 valence electrons. The van der Waals surface area contributed by atoms with E-state index in [9.17, 15) is 0 Å². The highest BCUT2D eigenvalue weighted by atomic mass is 79.9. The largest absolute Gasteiger partial charge is 0.323 e.